The van der Waals surface area contributed by atoms with Crippen LogP contribution >= 0.6 is 15.9 Å². The Balaban J connectivity index is 2.58. The van der Waals surface area contributed by atoms with Crippen molar-refractivity contribution in [2.75, 3.05) is 7.05 Å². The fourth-order valence-electron chi connectivity index (χ4n) is 2.20. The van der Waals surface area contributed by atoms with Gasteiger partial charge >= 0.3 is 0 Å². The summed E-state index contributed by atoms with van der Waals surface area (Å²) < 4.78 is 7.09. The number of furan rings is 1. The van der Waals surface area contributed by atoms with Crippen LogP contribution in [0.1, 0.15) is 31.2 Å². The van der Waals surface area contributed by atoms with E-state index in [4.69, 9.17) is 4.42 Å². The van der Waals surface area contributed by atoms with Gasteiger partial charge in [-0.05, 0) is 37.6 Å². The number of hydrogen-bond acceptors (Lipinski definition) is 2. The van der Waals surface area contributed by atoms with Gasteiger partial charge in [0.1, 0.15) is 11.3 Å². The van der Waals surface area contributed by atoms with Gasteiger partial charge in [0.05, 0.1) is 6.04 Å². The lowest BCUT2D eigenvalue weighted by molar-refractivity contribution is 0.370. The van der Waals surface area contributed by atoms with Crippen LogP contribution in [0.3, 0.4) is 0 Å². The van der Waals surface area contributed by atoms with Crippen LogP contribution in [0, 0.1) is 12.8 Å². The van der Waals surface area contributed by atoms with Crippen molar-refractivity contribution in [3.05, 3.63) is 34.0 Å². The zero-order valence-electron chi connectivity index (χ0n) is 10.7. The predicted molar refractivity (Wildman–Crippen MR) is 75.3 cm³/mol. The summed E-state index contributed by atoms with van der Waals surface area (Å²) in [5.74, 6) is 1.51. The van der Waals surface area contributed by atoms with Crippen LogP contribution in [0.2, 0.25) is 0 Å². The van der Waals surface area contributed by atoms with Gasteiger partial charge in [0.2, 0.25) is 0 Å². The Morgan fingerprint density at radius 1 is 1.29 bits per heavy atom. The first-order chi connectivity index (χ1) is 8.04. The fraction of sp³-hybridized carbons (Fsp3) is 0.429. The second-order valence-electron chi connectivity index (χ2n) is 4.77. The molecule has 2 rings (SSSR count). The van der Waals surface area contributed by atoms with Crippen molar-refractivity contribution in [3.63, 3.8) is 0 Å². The first-order valence-corrected chi connectivity index (χ1v) is 6.69. The van der Waals surface area contributed by atoms with E-state index in [9.17, 15) is 0 Å². The van der Waals surface area contributed by atoms with E-state index < -0.39 is 0 Å². The van der Waals surface area contributed by atoms with Gasteiger partial charge in [0, 0.05) is 9.86 Å². The normalized spacial score (nSPS) is 13.5. The van der Waals surface area contributed by atoms with E-state index in [0.29, 0.717) is 5.92 Å². The predicted octanol–water partition coefficient (Wildman–Crippen LogP) is 4.42. The Labute approximate surface area is 111 Å². The van der Waals surface area contributed by atoms with Crippen LogP contribution in [-0.4, -0.2) is 7.05 Å². The minimum absolute atomic E-state index is 0.258. The summed E-state index contributed by atoms with van der Waals surface area (Å²) in [5.41, 5.74) is 2.16. The monoisotopic (exact) mass is 295 g/mol. The summed E-state index contributed by atoms with van der Waals surface area (Å²) in [6.07, 6.45) is 0. The van der Waals surface area contributed by atoms with Gasteiger partial charge in [0.25, 0.3) is 0 Å². The molecule has 1 aromatic carbocycles. The van der Waals surface area contributed by atoms with Gasteiger partial charge in [-0.2, -0.15) is 0 Å². The zero-order chi connectivity index (χ0) is 12.6. The van der Waals surface area contributed by atoms with Gasteiger partial charge in [0.15, 0.2) is 0 Å². The van der Waals surface area contributed by atoms with Crippen LogP contribution in [0.15, 0.2) is 27.1 Å². The topological polar surface area (TPSA) is 25.2 Å². The molecule has 1 heterocycles. The Bertz CT molecular complexity index is 491. The van der Waals surface area contributed by atoms with E-state index in [1.807, 2.05) is 7.05 Å². The lowest BCUT2D eigenvalue weighted by atomic mass is 10.0. The SMILES string of the molecule is CNC(c1cc2c(Br)ccc(C)c2o1)C(C)C. The molecule has 1 unspecified atom stereocenters. The summed E-state index contributed by atoms with van der Waals surface area (Å²) in [4.78, 5) is 0. The molecule has 0 bridgehead atoms. The summed E-state index contributed by atoms with van der Waals surface area (Å²) in [7, 11) is 1.97. The molecule has 0 saturated heterocycles. The highest BCUT2D eigenvalue weighted by Gasteiger charge is 2.19. The molecular formula is C14H18BrNO. The standard InChI is InChI=1S/C14H18BrNO/c1-8(2)13(16-4)12-7-10-11(15)6-5-9(3)14(10)17-12/h5-8,13,16H,1-4H3. The van der Waals surface area contributed by atoms with E-state index in [-0.39, 0.29) is 6.04 Å². The molecule has 3 heteroatoms. The number of halogens is 1. The third-order valence-electron chi connectivity index (χ3n) is 3.13. The maximum atomic E-state index is 6.00. The van der Waals surface area contributed by atoms with Crippen LogP contribution in [0.4, 0.5) is 0 Å². The van der Waals surface area contributed by atoms with Crippen molar-refractivity contribution >= 4 is 26.9 Å². The highest BCUT2D eigenvalue weighted by atomic mass is 79.9. The van der Waals surface area contributed by atoms with Gasteiger partial charge in [-0.15, -0.1) is 0 Å². The lowest BCUT2D eigenvalue weighted by Crippen LogP contribution is -2.20. The van der Waals surface area contributed by atoms with E-state index in [2.05, 4.69) is 60.2 Å². The minimum Gasteiger partial charge on any atom is -0.459 e. The molecular weight excluding hydrogens is 278 g/mol. The second-order valence-corrected chi connectivity index (χ2v) is 5.62. The van der Waals surface area contributed by atoms with E-state index in [1.54, 1.807) is 0 Å². The molecule has 2 nitrogen and oxygen atoms in total. The van der Waals surface area contributed by atoms with Gasteiger partial charge in [-0.3, -0.25) is 0 Å². The number of nitrogens with one attached hydrogen (secondary N) is 1. The Hall–Kier alpha value is -0.800. The molecule has 0 fully saturated rings. The van der Waals surface area contributed by atoms with Crippen LogP contribution in [-0.2, 0) is 0 Å². The molecule has 0 amide bonds. The average molecular weight is 296 g/mol. The molecule has 1 atom stereocenters. The highest BCUT2D eigenvalue weighted by molar-refractivity contribution is 9.10. The van der Waals surface area contributed by atoms with E-state index >= 15 is 0 Å². The summed E-state index contributed by atoms with van der Waals surface area (Å²) >= 11 is 3.57. The van der Waals surface area contributed by atoms with Crippen LogP contribution in [0.25, 0.3) is 11.0 Å². The Morgan fingerprint density at radius 2 is 2.00 bits per heavy atom. The van der Waals surface area contributed by atoms with Crippen molar-refractivity contribution in [2.45, 2.75) is 26.8 Å². The van der Waals surface area contributed by atoms with Crippen LogP contribution in [0.5, 0.6) is 0 Å². The van der Waals surface area contributed by atoms with Crippen molar-refractivity contribution in [3.8, 4) is 0 Å². The quantitative estimate of drug-likeness (QED) is 0.907. The second kappa shape index (κ2) is 4.83. The molecule has 0 radical (unpaired) electrons. The molecule has 0 aliphatic rings. The van der Waals surface area contributed by atoms with Crippen molar-refractivity contribution in [2.24, 2.45) is 5.92 Å². The first kappa shape index (κ1) is 12.7. The maximum absolute atomic E-state index is 6.00. The number of benzene rings is 1. The average Bonchev–Trinajstić information content (AvgIpc) is 2.70. The van der Waals surface area contributed by atoms with E-state index in [0.717, 1.165) is 21.2 Å². The largest absolute Gasteiger partial charge is 0.459 e. The summed E-state index contributed by atoms with van der Waals surface area (Å²) in [5, 5.41) is 4.46. The maximum Gasteiger partial charge on any atom is 0.138 e. The Morgan fingerprint density at radius 3 is 2.53 bits per heavy atom. The molecule has 2 aromatic rings. The van der Waals surface area contributed by atoms with Crippen molar-refractivity contribution < 1.29 is 4.42 Å². The summed E-state index contributed by atoms with van der Waals surface area (Å²) in [6, 6.07) is 6.53. The molecule has 92 valence electrons. The number of fused-ring (bicyclic) bond motifs is 1. The molecule has 0 aliphatic carbocycles. The van der Waals surface area contributed by atoms with Crippen molar-refractivity contribution in [1.82, 2.24) is 5.32 Å². The molecule has 17 heavy (non-hydrogen) atoms. The third kappa shape index (κ3) is 2.26. The lowest BCUT2D eigenvalue weighted by Gasteiger charge is -2.17. The Kier molecular flexibility index (Phi) is 3.59. The molecule has 0 spiro atoms. The van der Waals surface area contributed by atoms with Gasteiger partial charge in [-0.1, -0.05) is 35.8 Å². The third-order valence-corrected chi connectivity index (χ3v) is 3.82. The minimum atomic E-state index is 0.258. The van der Waals surface area contributed by atoms with E-state index in [1.165, 1.54) is 5.56 Å². The smallest absolute Gasteiger partial charge is 0.138 e. The van der Waals surface area contributed by atoms with Gasteiger partial charge < -0.3 is 9.73 Å². The summed E-state index contributed by atoms with van der Waals surface area (Å²) in [6.45, 7) is 6.46. The fourth-order valence-corrected chi connectivity index (χ4v) is 2.63. The molecule has 0 saturated carbocycles. The molecule has 1 aromatic heterocycles. The number of rotatable bonds is 3. The number of hydrogen-bond donors (Lipinski definition) is 1. The van der Waals surface area contributed by atoms with Gasteiger partial charge in [-0.25, -0.2) is 0 Å². The van der Waals surface area contributed by atoms with Crippen LogP contribution < -0.4 is 5.32 Å². The molecule has 0 aliphatic heterocycles. The number of aryl methyl sites for hydroxylation is 1. The highest BCUT2D eigenvalue weighted by Crippen LogP contribution is 2.33. The molecule has 1 N–H and O–H groups in total. The zero-order valence-corrected chi connectivity index (χ0v) is 12.3. The van der Waals surface area contributed by atoms with Crippen molar-refractivity contribution in [1.29, 1.82) is 0 Å². The first-order valence-electron chi connectivity index (χ1n) is 5.90.